The van der Waals surface area contributed by atoms with Gasteiger partial charge in [0.15, 0.2) is 11.5 Å². The first-order chi connectivity index (χ1) is 8.05. The Hall–Kier alpha value is -1.39. The standard InChI is InChI=1S/C11H9BrFNO3/c1-17-7-4-6(12)9(13)8(10(7)16)11(2-3-11)14-5-15/h4,16H,2-3H2,1H3. The van der Waals surface area contributed by atoms with Gasteiger partial charge in [0, 0.05) is 6.07 Å². The van der Waals surface area contributed by atoms with E-state index in [9.17, 15) is 14.3 Å². The molecular weight excluding hydrogens is 293 g/mol. The molecule has 0 aromatic heterocycles. The van der Waals surface area contributed by atoms with Crippen LogP contribution in [-0.2, 0) is 10.3 Å². The van der Waals surface area contributed by atoms with E-state index in [1.807, 2.05) is 0 Å². The van der Waals surface area contributed by atoms with Gasteiger partial charge in [-0.3, -0.25) is 0 Å². The number of ether oxygens (including phenoxy) is 1. The SMILES string of the molecule is COc1cc(Br)c(F)c(C2(N=C=O)CC2)c1O. The minimum absolute atomic E-state index is 0.00734. The minimum Gasteiger partial charge on any atom is -0.504 e. The van der Waals surface area contributed by atoms with E-state index in [0.717, 1.165) is 0 Å². The summed E-state index contributed by atoms with van der Waals surface area (Å²) in [5.41, 5.74) is -0.987. The summed E-state index contributed by atoms with van der Waals surface area (Å²) in [4.78, 5) is 14.0. The lowest BCUT2D eigenvalue weighted by molar-refractivity contribution is 0.362. The van der Waals surface area contributed by atoms with Gasteiger partial charge in [-0.25, -0.2) is 9.18 Å². The van der Waals surface area contributed by atoms with Crippen LogP contribution in [0.2, 0.25) is 0 Å². The average Bonchev–Trinajstić information content (AvgIpc) is 3.05. The van der Waals surface area contributed by atoms with Crippen LogP contribution in [0.25, 0.3) is 0 Å². The van der Waals surface area contributed by atoms with Crippen molar-refractivity contribution in [1.82, 2.24) is 0 Å². The number of hydrogen-bond acceptors (Lipinski definition) is 4. The molecule has 0 radical (unpaired) electrons. The topological polar surface area (TPSA) is 58.9 Å². The maximum Gasteiger partial charge on any atom is 0.235 e. The second-order valence-electron chi connectivity index (χ2n) is 3.83. The molecule has 1 fully saturated rings. The fourth-order valence-electron chi connectivity index (χ4n) is 1.80. The Morgan fingerprint density at radius 2 is 2.29 bits per heavy atom. The molecule has 0 heterocycles. The van der Waals surface area contributed by atoms with Crippen LogP contribution >= 0.6 is 15.9 Å². The number of isocyanates is 1. The molecule has 1 aliphatic carbocycles. The van der Waals surface area contributed by atoms with Crippen LogP contribution in [0.5, 0.6) is 11.5 Å². The van der Waals surface area contributed by atoms with Crippen LogP contribution < -0.4 is 4.74 Å². The highest BCUT2D eigenvalue weighted by molar-refractivity contribution is 9.10. The third-order valence-corrected chi connectivity index (χ3v) is 3.40. The summed E-state index contributed by atoms with van der Waals surface area (Å²) >= 11 is 3.04. The molecule has 2 rings (SSSR count). The van der Waals surface area contributed by atoms with E-state index in [4.69, 9.17) is 4.74 Å². The zero-order valence-corrected chi connectivity index (χ0v) is 10.5. The maximum atomic E-state index is 14.0. The summed E-state index contributed by atoms with van der Waals surface area (Å²) in [6.07, 6.45) is 2.43. The number of hydrogen-bond donors (Lipinski definition) is 1. The van der Waals surface area contributed by atoms with Gasteiger partial charge in [0.05, 0.1) is 17.1 Å². The van der Waals surface area contributed by atoms with Gasteiger partial charge >= 0.3 is 0 Å². The Kier molecular flexibility index (Phi) is 2.93. The predicted molar refractivity (Wildman–Crippen MR) is 61.4 cm³/mol. The van der Waals surface area contributed by atoms with E-state index < -0.39 is 11.4 Å². The molecule has 4 nitrogen and oxygen atoms in total. The average molecular weight is 302 g/mol. The van der Waals surface area contributed by atoms with E-state index in [1.54, 1.807) is 0 Å². The molecule has 0 atom stereocenters. The van der Waals surface area contributed by atoms with Crippen molar-refractivity contribution in [3.63, 3.8) is 0 Å². The minimum atomic E-state index is -0.979. The first kappa shape index (κ1) is 12.1. The third kappa shape index (κ3) is 1.83. The van der Waals surface area contributed by atoms with Crippen molar-refractivity contribution < 1.29 is 19.0 Å². The molecule has 1 saturated carbocycles. The predicted octanol–water partition coefficient (Wildman–Crippen LogP) is 2.63. The van der Waals surface area contributed by atoms with Crippen molar-refractivity contribution in [3.8, 4) is 11.5 Å². The number of halogens is 2. The molecule has 1 aromatic carbocycles. The normalized spacial score (nSPS) is 16.2. The van der Waals surface area contributed by atoms with E-state index in [-0.39, 0.29) is 21.5 Å². The Morgan fingerprint density at radius 1 is 1.65 bits per heavy atom. The Balaban J connectivity index is 2.68. The molecule has 1 aliphatic rings. The highest BCUT2D eigenvalue weighted by atomic mass is 79.9. The Morgan fingerprint density at radius 3 is 2.76 bits per heavy atom. The number of benzene rings is 1. The van der Waals surface area contributed by atoms with Gasteiger partial charge in [0.2, 0.25) is 6.08 Å². The summed E-state index contributed by atoms with van der Waals surface area (Å²) in [5, 5.41) is 9.92. The van der Waals surface area contributed by atoms with Crippen LogP contribution in [0.3, 0.4) is 0 Å². The fourth-order valence-corrected chi connectivity index (χ4v) is 2.20. The second-order valence-corrected chi connectivity index (χ2v) is 4.69. The van der Waals surface area contributed by atoms with Gasteiger partial charge in [0.1, 0.15) is 11.4 Å². The zero-order chi connectivity index (χ0) is 12.6. The number of aliphatic imine (C=N–C) groups is 1. The fraction of sp³-hybridized carbons (Fsp3) is 0.364. The van der Waals surface area contributed by atoms with Crippen molar-refractivity contribution in [2.45, 2.75) is 18.4 Å². The van der Waals surface area contributed by atoms with Crippen molar-refractivity contribution >= 4 is 22.0 Å². The molecule has 0 unspecified atom stereocenters. The molecule has 0 saturated heterocycles. The van der Waals surface area contributed by atoms with Gasteiger partial charge in [-0.15, -0.1) is 0 Å². The maximum absolute atomic E-state index is 14.0. The van der Waals surface area contributed by atoms with Gasteiger partial charge < -0.3 is 9.84 Å². The highest BCUT2D eigenvalue weighted by Gasteiger charge is 2.49. The summed E-state index contributed by atoms with van der Waals surface area (Å²) in [6, 6.07) is 1.33. The molecule has 17 heavy (non-hydrogen) atoms. The van der Waals surface area contributed by atoms with Crippen LogP contribution in [0.1, 0.15) is 18.4 Å². The highest BCUT2D eigenvalue weighted by Crippen LogP contribution is 2.55. The smallest absolute Gasteiger partial charge is 0.235 e. The number of nitrogens with zero attached hydrogens (tertiary/aromatic N) is 1. The molecule has 0 amide bonds. The van der Waals surface area contributed by atoms with Gasteiger partial charge in [-0.2, -0.15) is 4.99 Å². The summed E-state index contributed by atoms with van der Waals surface area (Å²) < 4.78 is 19.1. The lowest BCUT2D eigenvalue weighted by atomic mass is 10.0. The van der Waals surface area contributed by atoms with Crippen molar-refractivity contribution in [2.24, 2.45) is 4.99 Å². The van der Waals surface area contributed by atoms with E-state index in [1.165, 1.54) is 19.3 Å². The van der Waals surface area contributed by atoms with Gasteiger partial charge in [-0.1, -0.05) is 0 Å². The first-order valence-electron chi connectivity index (χ1n) is 4.90. The number of rotatable bonds is 3. The molecule has 90 valence electrons. The lowest BCUT2D eigenvalue weighted by Crippen LogP contribution is -2.07. The molecule has 0 aliphatic heterocycles. The van der Waals surface area contributed by atoms with Crippen molar-refractivity contribution in [3.05, 3.63) is 21.9 Å². The number of aromatic hydroxyl groups is 1. The lowest BCUT2D eigenvalue weighted by Gasteiger charge is -2.15. The molecule has 0 bridgehead atoms. The number of phenolic OH excluding ortho intramolecular Hbond substituents is 1. The largest absolute Gasteiger partial charge is 0.504 e. The Labute approximate surface area is 105 Å². The monoisotopic (exact) mass is 301 g/mol. The van der Waals surface area contributed by atoms with Crippen LogP contribution in [0.4, 0.5) is 4.39 Å². The van der Waals surface area contributed by atoms with Crippen LogP contribution in [-0.4, -0.2) is 18.3 Å². The molecule has 1 N–H and O–H groups in total. The number of carbonyl (C=O) groups excluding carboxylic acids is 1. The number of phenols is 1. The molecule has 1 aromatic rings. The number of methoxy groups -OCH3 is 1. The first-order valence-corrected chi connectivity index (χ1v) is 5.69. The Bertz CT molecular complexity index is 522. The third-order valence-electron chi connectivity index (χ3n) is 2.83. The molecule has 0 spiro atoms. The van der Waals surface area contributed by atoms with Gasteiger partial charge in [-0.05, 0) is 28.8 Å². The quantitative estimate of drug-likeness (QED) is 0.690. The van der Waals surface area contributed by atoms with Crippen molar-refractivity contribution in [1.29, 1.82) is 0 Å². The molecular formula is C11H9BrFNO3. The van der Waals surface area contributed by atoms with Crippen molar-refractivity contribution in [2.75, 3.05) is 7.11 Å². The van der Waals surface area contributed by atoms with E-state index in [2.05, 4.69) is 20.9 Å². The van der Waals surface area contributed by atoms with E-state index in [0.29, 0.717) is 12.8 Å². The van der Waals surface area contributed by atoms with Gasteiger partial charge in [0.25, 0.3) is 0 Å². The summed E-state index contributed by atoms with van der Waals surface area (Å²) in [7, 11) is 1.37. The van der Waals surface area contributed by atoms with Crippen LogP contribution in [0.15, 0.2) is 15.5 Å². The summed E-state index contributed by atoms with van der Waals surface area (Å²) in [5.74, 6) is -0.801. The molecule has 6 heteroatoms. The second kappa shape index (κ2) is 4.13. The van der Waals surface area contributed by atoms with Crippen LogP contribution in [0, 0.1) is 5.82 Å². The zero-order valence-electron chi connectivity index (χ0n) is 8.96. The summed E-state index contributed by atoms with van der Waals surface area (Å²) in [6.45, 7) is 0. The van der Waals surface area contributed by atoms with E-state index >= 15 is 0 Å².